The van der Waals surface area contributed by atoms with Crippen LogP contribution in [0.3, 0.4) is 0 Å². The van der Waals surface area contributed by atoms with Gasteiger partial charge in [-0.15, -0.1) is 11.3 Å². The number of halogens is 1. The molecule has 2 aromatic heterocycles. The number of azide groups is 1. The van der Waals surface area contributed by atoms with Crippen molar-refractivity contribution >= 4 is 39.1 Å². The number of nitrogens with zero attached hydrogens (tertiary/aromatic N) is 4. The molecular formula is C18H16ClN5O2S. The standard InChI is InChI=1S/C18H16ClN5O2S/c1-24-9-12(6-15(25)21-7-11-2-4-14(19)5-3-11)17(26)18-16(24)13(10-27-18)8-22-23-20/h2-5,9-10H,6-8H2,1H3,(H,21,25). The molecule has 0 saturated heterocycles. The lowest BCUT2D eigenvalue weighted by Gasteiger charge is -2.09. The van der Waals surface area contributed by atoms with Crippen molar-refractivity contribution < 1.29 is 4.79 Å². The molecule has 27 heavy (non-hydrogen) atoms. The molecule has 0 spiro atoms. The lowest BCUT2D eigenvalue weighted by Crippen LogP contribution is -2.27. The van der Waals surface area contributed by atoms with Gasteiger partial charge in [0.25, 0.3) is 0 Å². The van der Waals surface area contributed by atoms with Gasteiger partial charge in [-0.3, -0.25) is 9.59 Å². The summed E-state index contributed by atoms with van der Waals surface area (Å²) in [5.74, 6) is -0.229. The summed E-state index contributed by atoms with van der Waals surface area (Å²) < 4.78 is 2.36. The molecule has 0 atom stereocenters. The summed E-state index contributed by atoms with van der Waals surface area (Å²) in [5.41, 5.74) is 11.2. The smallest absolute Gasteiger partial charge is 0.224 e. The van der Waals surface area contributed by atoms with E-state index in [1.807, 2.05) is 24.6 Å². The number of carbonyl (C=O) groups is 1. The summed E-state index contributed by atoms with van der Waals surface area (Å²) >= 11 is 7.14. The molecule has 0 fully saturated rings. The van der Waals surface area contributed by atoms with E-state index >= 15 is 0 Å². The first kappa shape index (κ1) is 19.0. The van der Waals surface area contributed by atoms with Gasteiger partial charge in [-0.25, -0.2) is 0 Å². The highest BCUT2D eigenvalue weighted by Crippen LogP contribution is 2.24. The average Bonchev–Trinajstić information content (AvgIpc) is 3.08. The fourth-order valence-electron chi connectivity index (χ4n) is 2.82. The van der Waals surface area contributed by atoms with Gasteiger partial charge in [-0.2, -0.15) is 0 Å². The first-order valence-corrected chi connectivity index (χ1v) is 9.36. The fourth-order valence-corrected chi connectivity index (χ4v) is 4.02. The minimum atomic E-state index is -0.229. The number of fused-ring (bicyclic) bond motifs is 1. The van der Waals surface area contributed by atoms with Crippen LogP contribution in [-0.2, 0) is 31.4 Å². The lowest BCUT2D eigenvalue weighted by atomic mass is 10.1. The maximum absolute atomic E-state index is 12.7. The highest BCUT2D eigenvalue weighted by Gasteiger charge is 2.15. The van der Waals surface area contributed by atoms with Gasteiger partial charge < -0.3 is 9.88 Å². The second-order valence-electron chi connectivity index (χ2n) is 6.00. The maximum Gasteiger partial charge on any atom is 0.224 e. The van der Waals surface area contributed by atoms with E-state index in [-0.39, 0.29) is 24.3 Å². The van der Waals surface area contributed by atoms with Gasteiger partial charge >= 0.3 is 0 Å². The minimum Gasteiger partial charge on any atom is -0.352 e. The number of aryl methyl sites for hydroxylation is 1. The Bertz CT molecular complexity index is 1100. The van der Waals surface area contributed by atoms with Gasteiger partial charge in [0.05, 0.1) is 23.2 Å². The second-order valence-corrected chi connectivity index (χ2v) is 7.32. The molecule has 9 heteroatoms. The largest absolute Gasteiger partial charge is 0.352 e. The van der Waals surface area contributed by atoms with E-state index in [4.69, 9.17) is 17.1 Å². The SMILES string of the molecule is Cn1cc(CC(=O)NCc2ccc(Cl)cc2)c(=O)c2scc(CN=[N+]=[N-])c21. The molecule has 0 aliphatic carbocycles. The van der Waals surface area contributed by atoms with Crippen LogP contribution in [0.15, 0.2) is 45.8 Å². The Morgan fingerprint density at radius 3 is 2.78 bits per heavy atom. The van der Waals surface area contributed by atoms with Crippen LogP contribution in [0.4, 0.5) is 0 Å². The summed E-state index contributed by atoms with van der Waals surface area (Å²) in [7, 11) is 1.81. The van der Waals surface area contributed by atoms with Crippen molar-refractivity contribution in [2.24, 2.45) is 12.2 Å². The van der Waals surface area contributed by atoms with Crippen LogP contribution in [0.25, 0.3) is 20.7 Å². The Hall–Kier alpha value is -2.80. The van der Waals surface area contributed by atoms with E-state index in [2.05, 4.69) is 15.3 Å². The van der Waals surface area contributed by atoms with E-state index < -0.39 is 0 Å². The van der Waals surface area contributed by atoms with Crippen molar-refractivity contribution in [1.82, 2.24) is 9.88 Å². The monoisotopic (exact) mass is 401 g/mol. The summed E-state index contributed by atoms with van der Waals surface area (Å²) in [6, 6.07) is 7.20. The van der Waals surface area contributed by atoms with Crippen molar-refractivity contribution in [1.29, 1.82) is 0 Å². The summed E-state index contributed by atoms with van der Waals surface area (Å²) in [6.45, 7) is 0.554. The molecule has 1 amide bonds. The van der Waals surface area contributed by atoms with Crippen molar-refractivity contribution in [3.63, 3.8) is 0 Å². The number of benzene rings is 1. The zero-order valence-corrected chi connectivity index (χ0v) is 16.0. The first-order valence-electron chi connectivity index (χ1n) is 8.10. The molecule has 3 aromatic rings. The number of hydrogen-bond acceptors (Lipinski definition) is 4. The number of aromatic nitrogens is 1. The van der Waals surface area contributed by atoms with Gasteiger partial charge in [0.15, 0.2) is 0 Å². The predicted octanol–water partition coefficient (Wildman–Crippen LogP) is 3.92. The summed E-state index contributed by atoms with van der Waals surface area (Å²) in [4.78, 5) is 27.7. The highest BCUT2D eigenvalue weighted by molar-refractivity contribution is 7.17. The van der Waals surface area contributed by atoms with E-state index in [9.17, 15) is 9.59 Å². The van der Waals surface area contributed by atoms with Crippen LogP contribution < -0.4 is 10.7 Å². The third-order valence-electron chi connectivity index (χ3n) is 4.10. The van der Waals surface area contributed by atoms with Gasteiger partial charge in [-0.1, -0.05) is 28.8 Å². The third kappa shape index (κ3) is 4.31. The van der Waals surface area contributed by atoms with Crippen LogP contribution in [0, 0.1) is 0 Å². The molecule has 0 aliphatic heterocycles. The molecule has 0 saturated carbocycles. The molecule has 0 aliphatic rings. The molecule has 0 unspecified atom stereocenters. The minimum absolute atomic E-state index is 0.000214. The third-order valence-corrected chi connectivity index (χ3v) is 5.37. The van der Waals surface area contributed by atoms with E-state index in [0.29, 0.717) is 21.8 Å². The fraction of sp³-hybridized carbons (Fsp3) is 0.222. The van der Waals surface area contributed by atoms with Gasteiger partial charge in [0, 0.05) is 35.3 Å². The van der Waals surface area contributed by atoms with Crippen LogP contribution >= 0.6 is 22.9 Å². The molecular weight excluding hydrogens is 386 g/mol. The quantitative estimate of drug-likeness (QED) is 0.384. The van der Waals surface area contributed by atoms with Crippen molar-refractivity contribution in [2.75, 3.05) is 0 Å². The number of pyridine rings is 1. The Morgan fingerprint density at radius 1 is 1.33 bits per heavy atom. The lowest BCUT2D eigenvalue weighted by molar-refractivity contribution is -0.120. The Balaban J connectivity index is 1.77. The molecule has 0 bridgehead atoms. The zero-order valence-electron chi connectivity index (χ0n) is 14.5. The Labute approximate surface area is 163 Å². The summed E-state index contributed by atoms with van der Waals surface area (Å²) in [6.07, 6.45) is 1.67. The second kappa shape index (κ2) is 8.26. The number of amides is 1. The molecule has 2 heterocycles. The Morgan fingerprint density at radius 2 is 2.07 bits per heavy atom. The van der Waals surface area contributed by atoms with E-state index in [1.165, 1.54) is 11.3 Å². The van der Waals surface area contributed by atoms with Crippen LogP contribution in [0.2, 0.25) is 5.02 Å². The van der Waals surface area contributed by atoms with Crippen LogP contribution in [0.5, 0.6) is 0 Å². The van der Waals surface area contributed by atoms with Gasteiger partial charge in [0.1, 0.15) is 0 Å². The van der Waals surface area contributed by atoms with Crippen molar-refractivity contribution in [2.45, 2.75) is 19.5 Å². The topological polar surface area (TPSA) is 99.9 Å². The zero-order chi connectivity index (χ0) is 19.4. The molecule has 3 rings (SSSR count). The van der Waals surface area contributed by atoms with Crippen molar-refractivity contribution in [3.8, 4) is 0 Å². The van der Waals surface area contributed by atoms with Gasteiger partial charge in [-0.05, 0) is 34.2 Å². The highest BCUT2D eigenvalue weighted by atomic mass is 35.5. The summed E-state index contributed by atoms with van der Waals surface area (Å²) in [5, 5.41) is 8.82. The molecule has 0 radical (unpaired) electrons. The molecule has 1 aromatic carbocycles. The Kier molecular flexibility index (Phi) is 5.81. The molecule has 7 nitrogen and oxygen atoms in total. The van der Waals surface area contributed by atoms with Gasteiger partial charge in [0.2, 0.25) is 11.3 Å². The average molecular weight is 402 g/mol. The molecule has 138 valence electrons. The normalized spacial score (nSPS) is 10.6. The van der Waals surface area contributed by atoms with Crippen molar-refractivity contribution in [3.05, 3.63) is 78.2 Å². The first-order chi connectivity index (χ1) is 13.0. The number of nitrogens with one attached hydrogen (secondary N) is 1. The number of carbonyl (C=O) groups excluding carboxylic acids is 1. The van der Waals surface area contributed by atoms with Crippen LogP contribution in [0.1, 0.15) is 16.7 Å². The molecule has 1 N–H and O–H groups in total. The number of thiophene rings is 1. The van der Waals surface area contributed by atoms with Crippen LogP contribution in [-0.4, -0.2) is 10.5 Å². The predicted molar refractivity (Wildman–Crippen MR) is 107 cm³/mol. The maximum atomic E-state index is 12.7. The number of hydrogen-bond donors (Lipinski definition) is 1. The van der Waals surface area contributed by atoms with E-state index in [1.54, 1.807) is 22.9 Å². The number of rotatable bonds is 6. The van der Waals surface area contributed by atoms with E-state index in [0.717, 1.165) is 16.6 Å².